The molecular formula is C25H50OP3+. The Morgan fingerprint density at radius 2 is 1.45 bits per heavy atom. The number of rotatable bonds is 11. The van der Waals surface area contributed by atoms with E-state index in [4.69, 9.17) is 11.0 Å². The van der Waals surface area contributed by atoms with Crippen LogP contribution in [0.2, 0.25) is 0 Å². The van der Waals surface area contributed by atoms with Crippen molar-refractivity contribution in [2.24, 2.45) is 17.3 Å². The first kappa shape index (κ1) is 27.5. The van der Waals surface area contributed by atoms with E-state index in [0.29, 0.717) is 11.8 Å². The van der Waals surface area contributed by atoms with Crippen LogP contribution in [0.25, 0.3) is 0 Å². The zero-order chi connectivity index (χ0) is 22.8. The Bertz CT molecular complexity index is 693. The fraction of sp³-hybridized carbons (Fsp3) is 0.800. The fourth-order valence-electron chi connectivity index (χ4n) is 4.22. The van der Waals surface area contributed by atoms with Gasteiger partial charge in [0.2, 0.25) is 5.34 Å². The summed E-state index contributed by atoms with van der Waals surface area (Å²) >= 11 is 0. The third-order valence-electron chi connectivity index (χ3n) is 8.37. The lowest BCUT2D eigenvalue weighted by Gasteiger charge is -2.32. The second-order valence-corrected chi connectivity index (χ2v) is 22.1. The molecular weight excluding hydrogens is 409 g/mol. The van der Waals surface area contributed by atoms with E-state index in [1.165, 1.54) is 42.3 Å². The Hall–Kier alpha value is 0.470. The molecule has 0 N–H and O–H groups in total. The zero-order valence-corrected chi connectivity index (χ0v) is 23.7. The van der Waals surface area contributed by atoms with Gasteiger partial charge in [-0.05, 0) is 53.6 Å². The van der Waals surface area contributed by atoms with E-state index in [1.807, 2.05) is 0 Å². The first-order valence-corrected chi connectivity index (χ1v) is 18.2. The lowest BCUT2D eigenvalue weighted by Crippen LogP contribution is -2.33. The molecule has 0 radical (unpaired) electrons. The summed E-state index contributed by atoms with van der Waals surface area (Å²) < 4.78 is 6.82. The molecule has 1 aliphatic rings. The van der Waals surface area contributed by atoms with Gasteiger partial charge < -0.3 is 4.74 Å². The first-order chi connectivity index (χ1) is 13.1. The summed E-state index contributed by atoms with van der Waals surface area (Å²) in [6, 6.07) is 0. The van der Waals surface area contributed by atoms with Gasteiger partial charge in [0, 0.05) is 13.8 Å². The zero-order valence-electron chi connectivity index (χ0n) is 21.1. The highest BCUT2D eigenvalue weighted by Crippen LogP contribution is 2.60. The van der Waals surface area contributed by atoms with E-state index in [0.717, 1.165) is 0 Å². The standard InChI is InChI=1S/C25H50OP3/c1-14-28(12,15-2)17-18-29(13,16-3)19-27(11)25(9,10)26-23-20(4)21(5)24(7,8)22(23)6/h21-23H,4,11-19H2,1-3,5-10H3/q+1/t21-,22-,23+,29?/m1/s1. The second kappa shape index (κ2) is 9.95. The third kappa shape index (κ3) is 6.26. The minimum atomic E-state index is -1.24. The lowest BCUT2D eigenvalue weighted by molar-refractivity contribution is -0.0285. The number of hydrogen-bond donors (Lipinski definition) is 0. The minimum absolute atomic E-state index is 0.138. The van der Waals surface area contributed by atoms with Crippen molar-refractivity contribution in [3.63, 3.8) is 0 Å². The van der Waals surface area contributed by atoms with Crippen molar-refractivity contribution in [1.82, 2.24) is 0 Å². The normalized spacial score (nSPS) is 27.7. The highest BCUT2D eigenvalue weighted by Gasteiger charge is 2.51. The van der Waals surface area contributed by atoms with Gasteiger partial charge in [-0.2, -0.15) is 0 Å². The molecule has 2 unspecified atom stereocenters. The van der Waals surface area contributed by atoms with Gasteiger partial charge in [0.15, 0.2) is 0 Å². The van der Waals surface area contributed by atoms with Crippen LogP contribution >= 0.6 is 21.3 Å². The SMILES string of the molecule is C=C1[C@@H](C)C(C)(C)[C@H](C)[C@H]1OC(C)(C)[P+](=C)CP(=C)(CC)CCP(=C)(CC)CC. The van der Waals surface area contributed by atoms with Crippen LogP contribution in [0.3, 0.4) is 0 Å². The van der Waals surface area contributed by atoms with Crippen LogP contribution in [-0.2, 0) is 4.74 Å². The molecule has 0 bridgehead atoms. The predicted molar refractivity (Wildman–Crippen MR) is 149 cm³/mol. The molecule has 1 aliphatic carbocycles. The summed E-state index contributed by atoms with van der Waals surface area (Å²) in [5.41, 5.74) is 1.50. The lowest BCUT2D eigenvalue weighted by atomic mass is 9.77. The molecule has 29 heavy (non-hydrogen) atoms. The van der Waals surface area contributed by atoms with Crippen molar-refractivity contribution in [1.29, 1.82) is 0 Å². The van der Waals surface area contributed by atoms with Gasteiger partial charge in [-0.1, -0.05) is 68.2 Å². The molecule has 5 atom stereocenters. The Labute approximate surface area is 184 Å². The van der Waals surface area contributed by atoms with Gasteiger partial charge in [0.1, 0.15) is 13.4 Å². The molecule has 1 saturated carbocycles. The van der Waals surface area contributed by atoms with Gasteiger partial charge in [-0.3, -0.25) is 0 Å². The van der Waals surface area contributed by atoms with Crippen molar-refractivity contribution >= 4 is 40.2 Å². The topological polar surface area (TPSA) is 9.23 Å². The Morgan fingerprint density at radius 3 is 1.83 bits per heavy atom. The Morgan fingerprint density at radius 1 is 1.00 bits per heavy atom. The second-order valence-electron chi connectivity index (χ2n) is 10.7. The average molecular weight is 460 g/mol. The van der Waals surface area contributed by atoms with Crippen molar-refractivity contribution in [2.45, 2.75) is 73.8 Å². The molecule has 1 nitrogen and oxygen atoms in total. The van der Waals surface area contributed by atoms with Crippen molar-refractivity contribution in [2.75, 3.05) is 36.7 Å². The predicted octanol–water partition coefficient (Wildman–Crippen LogP) is 7.81. The summed E-state index contributed by atoms with van der Waals surface area (Å²) in [5, 5.41) is -0.207. The average Bonchev–Trinajstić information content (AvgIpc) is 2.80. The molecule has 0 spiro atoms. The summed E-state index contributed by atoms with van der Waals surface area (Å²) in [6.45, 7) is 23.0. The monoisotopic (exact) mass is 459 g/mol. The van der Waals surface area contributed by atoms with E-state index in [2.05, 4.69) is 81.5 Å². The maximum Gasteiger partial charge on any atom is 0.219 e. The van der Waals surface area contributed by atoms with Gasteiger partial charge in [-0.15, -0.1) is 13.2 Å². The third-order valence-corrected chi connectivity index (χ3v) is 20.5. The highest BCUT2D eigenvalue weighted by atomic mass is 31.2. The molecule has 0 aliphatic heterocycles. The molecule has 170 valence electrons. The molecule has 0 aromatic carbocycles. The van der Waals surface area contributed by atoms with Crippen LogP contribution in [0.4, 0.5) is 0 Å². The maximum atomic E-state index is 6.82. The van der Waals surface area contributed by atoms with Crippen LogP contribution in [0, 0.1) is 17.3 Å². The summed E-state index contributed by atoms with van der Waals surface area (Å²) in [5.74, 6) is 2.14. The van der Waals surface area contributed by atoms with Gasteiger partial charge in [-0.25, -0.2) is 0 Å². The van der Waals surface area contributed by atoms with E-state index in [9.17, 15) is 0 Å². The van der Waals surface area contributed by atoms with Crippen LogP contribution in [0.15, 0.2) is 12.2 Å². The van der Waals surface area contributed by atoms with Gasteiger partial charge in [0.25, 0.3) is 0 Å². The fourth-order valence-corrected chi connectivity index (χ4v) is 14.9. The highest BCUT2D eigenvalue weighted by molar-refractivity contribution is 7.84. The van der Waals surface area contributed by atoms with Gasteiger partial charge >= 0.3 is 0 Å². The molecule has 0 aromatic heterocycles. The van der Waals surface area contributed by atoms with E-state index in [1.54, 1.807) is 0 Å². The Kier molecular flexibility index (Phi) is 9.44. The van der Waals surface area contributed by atoms with Crippen molar-refractivity contribution in [3.05, 3.63) is 12.2 Å². The molecule has 1 rings (SSSR count). The smallest absolute Gasteiger partial charge is 0.219 e. The van der Waals surface area contributed by atoms with E-state index < -0.39 is 21.3 Å². The van der Waals surface area contributed by atoms with E-state index >= 15 is 0 Å². The molecule has 4 heteroatoms. The van der Waals surface area contributed by atoms with Crippen molar-refractivity contribution < 1.29 is 4.74 Å². The number of ether oxygens (including phenoxy) is 1. The summed E-state index contributed by atoms with van der Waals surface area (Å²) in [6.07, 6.45) is 20.6. The minimum Gasteiger partial charge on any atom is -0.328 e. The molecule has 1 fully saturated rings. The van der Waals surface area contributed by atoms with Crippen LogP contribution in [0.1, 0.15) is 62.3 Å². The van der Waals surface area contributed by atoms with Crippen LogP contribution < -0.4 is 0 Å². The van der Waals surface area contributed by atoms with Crippen molar-refractivity contribution in [3.8, 4) is 0 Å². The summed E-state index contributed by atoms with van der Waals surface area (Å²) in [7, 11) is -0.507. The quantitative estimate of drug-likeness (QED) is 0.226. The summed E-state index contributed by atoms with van der Waals surface area (Å²) in [4.78, 5) is 0. The van der Waals surface area contributed by atoms with Crippen LogP contribution in [0.5, 0.6) is 0 Å². The van der Waals surface area contributed by atoms with Crippen LogP contribution in [-0.4, -0.2) is 67.1 Å². The first-order valence-electron chi connectivity index (χ1n) is 11.4. The molecule has 0 amide bonds. The largest absolute Gasteiger partial charge is 0.328 e. The Balaban J connectivity index is 2.91. The van der Waals surface area contributed by atoms with Gasteiger partial charge in [0.05, 0.1) is 12.4 Å². The maximum absolute atomic E-state index is 6.82. The van der Waals surface area contributed by atoms with E-state index in [-0.39, 0.29) is 16.9 Å². The number of hydrogen-bond acceptors (Lipinski definition) is 1. The molecule has 0 heterocycles. The molecule has 0 aromatic rings. The molecule has 0 saturated heterocycles.